The van der Waals surface area contributed by atoms with Gasteiger partial charge in [0.05, 0.1) is 0 Å². The third-order valence-electron chi connectivity index (χ3n) is 8.96. The lowest BCUT2D eigenvalue weighted by Crippen LogP contribution is -2.10. The van der Waals surface area contributed by atoms with Gasteiger partial charge in [-0.2, -0.15) is 0 Å². The maximum absolute atomic E-state index is 2.38. The maximum atomic E-state index is 2.38. The summed E-state index contributed by atoms with van der Waals surface area (Å²) in [4.78, 5) is 0. The van der Waals surface area contributed by atoms with Crippen molar-refractivity contribution in [1.29, 1.82) is 0 Å². The number of hydrogen-bond donors (Lipinski definition) is 0. The molecule has 0 atom stereocenters. The highest BCUT2D eigenvalue weighted by molar-refractivity contribution is 6.25. The van der Waals surface area contributed by atoms with E-state index in [0.29, 0.717) is 0 Å². The average Bonchev–Trinajstić information content (AvgIpc) is 2.99. The highest BCUT2D eigenvalue weighted by Crippen LogP contribution is 2.41. The Morgan fingerprint density at radius 1 is 0.333 bits per heavy atom. The average molecular weight is 543 g/mol. The van der Waals surface area contributed by atoms with Gasteiger partial charge >= 0.3 is 0 Å². The van der Waals surface area contributed by atoms with E-state index in [0.717, 1.165) is 0 Å². The summed E-state index contributed by atoms with van der Waals surface area (Å²) in [5.41, 5.74) is 10.6. The molecule has 0 saturated heterocycles. The molecule has 0 saturated carbocycles. The zero-order valence-electron chi connectivity index (χ0n) is 25.5. The molecule has 0 N–H and O–H groups in total. The molecule has 206 valence electrons. The lowest BCUT2D eigenvalue weighted by Gasteiger charge is -2.22. The minimum absolute atomic E-state index is 0.120. The first kappa shape index (κ1) is 26.5. The van der Waals surface area contributed by atoms with Gasteiger partial charge < -0.3 is 0 Å². The summed E-state index contributed by atoms with van der Waals surface area (Å²) >= 11 is 0. The van der Waals surface area contributed by atoms with E-state index in [1.54, 1.807) is 0 Å². The Morgan fingerprint density at radius 3 is 1.24 bits per heavy atom. The molecule has 0 spiro atoms. The normalized spacial score (nSPS) is 12.5. The van der Waals surface area contributed by atoms with Crippen molar-refractivity contribution in [3.8, 4) is 33.4 Å². The molecule has 0 heterocycles. The van der Waals surface area contributed by atoms with Crippen LogP contribution in [-0.2, 0) is 10.8 Å². The first-order valence-electron chi connectivity index (χ1n) is 15.1. The summed E-state index contributed by atoms with van der Waals surface area (Å²) < 4.78 is 0. The molecule has 0 aliphatic heterocycles. The SMILES string of the molecule is CC(C)(C)c1ccc(-c2ccc(-c3ccc(-c4ccc5ccc6cc(C(C)(C)C)cc7ccc4c5c67)cc3)cc2)cc1. The summed E-state index contributed by atoms with van der Waals surface area (Å²) in [5.74, 6) is 0. The summed E-state index contributed by atoms with van der Waals surface area (Å²) in [5, 5.41) is 8.04. The first-order valence-corrected chi connectivity index (χ1v) is 15.1. The van der Waals surface area contributed by atoms with Crippen LogP contribution in [0.2, 0.25) is 0 Å². The second-order valence-corrected chi connectivity index (χ2v) is 13.9. The predicted octanol–water partition coefficient (Wildman–Crippen LogP) is 12.2. The lowest BCUT2D eigenvalue weighted by atomic mass is 9.82. The highest BCUT2D eigenvalue weighted by atomic mass is 14.2. The van der Waals surface area contributed by atoms with E-state index in [1.165, 1.54) is 76.8 Å². The van der Waals surface area contributed by atoms with E-state index in [9.17, 15) is 0 Å². The van der Waals surface area contributed by atoms with Crippen LogP contribution in [0.15, 0.2) is 121 Å². The van der Waals surface area contributed by atoms with Crippen LogP contribution in [0, 0.1) is 0 Å². The van der Waals surface area contributed by atoms with Gasteiger partial charge in [-0.05, 0) is 87.7 Å². The number of rotatable bonds is 3. The fourth-order valence-corrected chi connectivity index (χ4v) is 6.36. The van der Waals surface area contributed by atoms with E-state index in [2.05, 4.69) is 163 Å². The Morgan fingerprint density at radius 2 is 0.738 bits per heavy atom. The molecule has 0 aliphatic carbocycles. The third kappa shape index (κ3) is 4.56. The van der Waals surface area contributed by atoms with Gasteiger partial charge in [0.1, 0.15) is 0 Å². The molecule has 0 amide bonds. The second kappa shape index (κ2) is 9.57. The Balaban J connectivity index is 1.22. The zero-order chi connectivity index (χ0) is 29.2. The molecule has 0 aromatic heterocycles. The minimum atomic E-state index is 0.120. The number of hydrogen-bond acceptors (Lipinski definition) is 0. The maximum Gasteiger partial charge on any atom is -0.00206 e. The van der Waals surface area contributed by atoms with Crippen molar-refractivity contribution in [2.24, 2.45) is 0 Å². The van der Waals surface area contributed by atoms with E-state index in [-0.39, 0.29) is 10.8 Å². The van der Waals surface area contributed by atoms with Crippen molar-refractivity contribution >= 4 is 32.3 Å². The molecule has 0 aliphatic rings. The van der Waals surface area contributed by atoms with Gasteiger partial charge in [0.15, 0.2) is 0 Å². The first-order chi connectivity index (χ1) is 20.1. The van der Waals surface area contributed by atoms with E-state index >= 15 is 0 Å². The van der Waals surface area contributed by atoms with Gasteiger partial charge in [-0.15, -0.1) is 0 Å². The quantitative estimate of drug-likeness (QED) is 0.195. The van der Waals surface area contributed by atoms with Crippen LogP contribution in [0.1, 0.15) is 52.7 Å². The monoisotopic (exact) mass is 542 g/mol. The molecule has 7 aromatic carbocycles. The molecule has 0 fully saturated rings. The van der Waals surface area contributed by atoms with Gasteiger partial charge in [-0.25, -0.2) is 0 Å². The van der Waals surface area contributed by atoms with Crippen molar-refractivity contribution in [2.75, 3.05) is 0 Å². The van der Waals surface area contributed by atoms with Gasteiger partial charge in [0.25, 0.3) is 0 Å². The van der Waals surface area contributed by atoms with Crippen LogP contribution in [0.3, 0.4) is 0 Å². The van der Waals surface area contributed by atoms with Gasteiger partial charge in [0.2, 0.25) is 0 Å². The van der Waals surface area contributed by atoms with Gasteiger partial charge in [-0.3, -0.25) is 0 Å². The highest BCUT2D eigenvalue weighted by Gasteiger charge is 2.18. The van der Waals surface area contributed by atoms with Crippen molar-refractivity contribution in [1.82, 2.24) is 0 Å². The van der Waals surface area contributed by atoms with Crippen LogP contribution in [0.5, 0.6) is 0 Å². The predicted molar refractivity (Wildman–Crippen MR) is 184 cm³/mol. The minimum Gasteiger partial charge on any atom is -0.0579 e. The summed E-state index contributed by atoms with van der Waals surface area (Å²) in [6.07, 6.45) is 0. The van der Waals surface area contributed by atoms with E-state index < -0.39 is 0 Å². The van der Waals surface area contributed by atoms with Crippen molar-refractivity contribution < 1.29 is 0 Å². The molecule has 0 heteroatoms. The smallest absolute Gasteiger partial charge is 0.00206 e. The Hall–Kier alpha value is -4.42. The van der Waals surface area contributed by atoms with Crippen LogP contribution in [-0.4, -0.2) is 0 Å². The second-order valence-electron chi connectivity index (χ2n) is 13.9. The number of benzene rings is 7. The summed E-state index contributed by atoms with van der Waals surface area (Å²) in [7, 11) is 0. The van der Waals surface area contributed by atoms with E-state index in [1.807, 2.05) is 0 Å². The van der Waals surface area contributed by atoms with Gasteiger partial charge in [0, 0.05) is 0 Å². The van der Waals surface area contributed by atoms with E-state index in [4.69, 9.17) is 0 Å². The molecule has 0 unspecified atom stereocenters. The van der Waals surface area contributed by atoms with Crippen molar-refractivity contribution in [3.05, 3.63) is 132 Å². The summed E-state index contributed by atoms with van der Waals surface area (Å²) in [6.45, 7) is 13.7. The van der Waals surface area contributed by atoms with Crippen molar-refractivity contribution in [3.63, 3.8) is 0 Å². The fourth-order valence-electron chi connectivity index (χ4n) is 6.36. The molecular formula is C42H38. The molecule has 0 nitrogen and oxygen atoms in total. The molecule has 7 aromatic rings. The topological polar surface area (TPSA) is 0 Å². The van der Waals surface area contributed by atoms with Crippen molar-refractivity contribution in [2.45, 2.75) is 52.4 Å². The lowest BCUT2D eigenvalue weighted by molar-refractivity contribution is 0.590. The molecular weight excluding hydrogens is 504 g/mol. The molecule has 42 heavy (non-hydrogen) atoms. The Kier molecular flexibility index (Phi) is 6.03. The summed E-state index contributed by atoms with van der Waals surface area (Å²) in [6, 6.07) is 45.6. The van der Waals surface area contributed by atoms with Crippen LogP contribution >= 0.6 is 0 Å². The standard InChI is InChI=1S/C42H38/c1-41(2,3)35-21-17-30(18-22-35)28-9-7-27(8-10-28)29-11-13-31(14-12-29)37-23-19-32-15-16-33-25-36(42(4,5)6)26-34-20-24-38(37)40(32)39(33)34/h7-26H,1-6H3. The third-order valence-corrected chi connectivity index (χ3v) is 8.96. The van der Waals surface area contributed by atoms with Crippen LogP contribution < -0.4 is 0 Å². The zero-order valence-corrected chi connectivity index (χ0v) is 25.5. The van der Waals surface area contributed by atoms with Crippen LogP contribution in [0.4, 0.5) is 0 Å². The fraction of sp³-hybridized carbons (Fsp3) is 0.190. The molecule has 7 rings (SSSR count). The largest absolute Gasteiger partial charge is 0.0579 e. The van der Waals surface area contributed by atoms with Crippen LogP contribution in [0.25, 0.3) is 65.7 Å². The Bertz CT molecular complexity index is 2020. The Labute approximate surface area is 250 Å². The molecule has 0 radical (unpaired) electrons. The van der Waals surface area contributed by atoms with Gasteiger partial charge in [-0.1, -0.05) is 163 Å². The molecule has 0 bridgehead atoms.